The fraction of sp³-hybridized carbons (Fsp3) is 0.333. The molecule has 0 spiro atoms. The van der Waals surface area contributed by atoms with Crippen molar-refractivity contribution in [1.29, 1.82) is 0 Å². The predicted octanol–water partition coefficient (Wildman–Crippen LogP) is -2.89. The minimum absolute atomic E-state index is 0.199. The molecule has 0 aromatic heterocycles. The highest BCUT2D eigenvalue weighted by atomic mass is 16.2. The summed E-state index contributed by atoms with van der Waals surface area (Å²) in [5.41, 5.74) is 0. The van der Waals surface area contributed by atoms with E-state index in [2.05, 4.69) is 9.98 Å². The number of amides is 3. The molecule has 1 N–H and O–H groups in total. The summed E-state index contributed by atoms with van der Waals surface area (Å²) in [5, 5.41) is 0. The third kappa shape index (κ3) is 0.421. The summed E-state index contributed by atoms with van der Waals surface area (Å²) in [6.07, 6.45) is 1.45. The molecule has 3 fully saturated rings. The van der Waals surface area contributed by atoms with Gasteiger partial charge in [-0.25, -0.2) is 14.6 Å². The summed E-state index contributed by atoms with van der Waals surface area (Å²) < 4.78 is 0. The first kappa shape index (κ1) is 5.87. The number of urea groups is 1. The van der Waals surface area contributed by atoms with E-state index in [4.69, 9.17) is 0 Å². The molecule has 4 heterocycles. The fourth-order valence-corrected chi connectivity index (χ4v) is 1.55. The van der Waals surface area contributed by atoms with E-state index >= 15 is 0 Å². The van der Waals surface area contributed by atoms with Crippen LogP contribution in [-0.4, -0.2) is 46.6 Å². The van der Waals surface area contributed by atoms with Crippen molar-refractivity contribution in [2.45, 2.75) is 6.04 Å². The van der Waals surface area contributed by atoms with Crippen LogP contribution in [-0.2, 0) is 4.79 Å². The van der Waals surface area contributed by atoms with E-state index in [-0.39, 0.29) is 11.9 Å². The second-order valence-electron chi connectivity index (χ2n) is 2.83. The van der Waals surface area contributed by atoms with Crippen molar-refractivity contribution in [3.63, 3.8) is 0 Å². The molecule has 0 aliphatic carbocycles. The van der Waals surface area contributed by atoms with Gasteiger partial charge in [0.1, 0.15) is 6.67 Å². The Balaban J connectivity index is 2.11. The van der Waals surface area contributed by atoms with E-state index in [1.54, 1.807) is 0 Å². The topological polar surface area (TPSA) is 67.0 Å². The number of carbonyl (C=O) groups excluding carboxylic acids is 2. The van der Waals surface area contributed by atoms with Crippen molar-refractivity contribution >= 4 is 24.1 Å². The number of carbonyl (C=O) groups is 2. The fourth-order valence-electron chi connectivity index (χ4n) is 1.55. The van der Waals surface area contributed by atoms with Gasteiger partial charge in [0, 0.05) is 0 Å². The van der Waals surface area contributed by atoms with Gasteiger partial charge in [-0.15, -0.1) is 0 Å². The number of nitrogens with one attached hydrogen (secondary N) is 1. The van der Waals surface area contributed by atoms with Crippen LogP contribution in [0.3, 0.4) is 0 Å². The van der Waals surface area contributed by atoms with Crippen LogP contribution in [0.1, 0.15) is 0 Å². The van der Waals surface area contributed by atoms with Gasteiger partial charge in [0.15, 0.2) is 0 Å². The van der Waals surface area contributed by atoms with Crippen LogP contribution in [0.4, 0.5) is 4.79 Å². The summed E-state index contributed by atoms with van der Waals surface area (Å²) in [7, 11) is 0. The zero-order chi connectivity index (χ0) is 8.29. The van der Waals surface area contributed by atoms with Crippen LogP contribution in [0.15, 0.2) is 4.99 Å². The number of amidine groups is 1. The Labute approximate surface area is 67.2 Å². The standard InChI is InChI=1S/C6H4N4O2/c11-5-3-4(8-1-7-3)9-2-10(5)6(9)12/h1,3H,2H2/p+1. The molecule has 4 aliphatic rings. The molecule has 0 saturated carbocycles. The maximum absolute atomic E-state index is 11.4. The lowest BCUT2D eigenvalue weighted by atomic mass is 10.1. The maximum Gasteiger partial charge on any atom is 0.337 e. The molecule has 4 aliphatic heterocycles. The second-order valence-corrected chi connectivity index (χ2v) is 2.83. The van der Waals surface area contributed by atoms with Gasteiger partial charge in [-0.05, 0) is 4.99 Å². The average Bonchev–Trinajstić information content (AvgIpc) is 2.51. The highest BCUT2D eigenvalue weighted by Crippen LogP contribution is 2.22. The van der Waals surface area contributed by atoms with Gasteiger partial charge < -0.3 is 0 Å². The van der Waals surface area contributed by atoms with Crippen molar-refractivity contribution in [2.24, 2.45) is 4.99 Å². The van der Waals surface area contributed by atoms with Gasteiger partial charge in [0.05, 0.1) is 0 Å². The third-order valence-corrected chi connectivity index (χ3v) is 2.23. The predicted molar refractivity (Wildman–Crippen MR) is 37.2 cm³/mol. The van der Waals surface area contributed by atoms with E-state index in [1.807, 2.05) is 0 Å². The largest absolute Gasteiger partial charge is 0.337 e. The van der Waals surface area contributed by atoms with Crippen LogP contribution in [0.25, 0.3) is 0 Å². The lowest BCUT2D eigenvalue weighted by molar-refractivity contribution is -0.463. The molecule has 1 unspecified atom stereocenters. The molecule has 1 atom stereocenters. The van der Waals surface area contributed by atoms with Crippen molar-refractivity contribution in [3.05, 3.63) is 0 Å². The molecule has 12 heavy (non-hydrogen) atoms. The van der Waals surface area contributed by atoms with Crippen molar-refractivity contribution in [2.75, 3.05) is 6.67 Å². The molecule has 6 nitrogen and oxygen atoms in total. The van der Waals surface area contributed by atoms with Gasteiger partial charge in [0.2, 0.25) is 0 Å². The molecule has 0 aromatic carbocycles. The Kier molecular flexibility index (Phi) is 0.757. The first-order valence-corrected chi connectivity index (χ1v) is 3.57. The summed E-state index contributed by atoms with van der Waals surface area (Å²) >= 11 is 0. The highest BCUT2D eigenvalue weighted by molar-refractivity contribution is 6.24. The quantitative estimate of drug-likeness (QED) is 0.418. The molecule has 4 rings (SSSR count). The number of hydrogen-bond donors (Lipinski definition) is 1. The van der Waals surface area contributed by atoms with E-state index in [0.29, 0.717) is 12.5 Å². The van der Waals surface area contributed by atoms with Gasteiger partial charge in [-0.2, -0.15) is 0 Å². The Morgan fingerprint density at radius 3 is 3.08 bits per heavy atom. The highest BCUT2D eigenvalue weighted by Gasteiger charge is 2.57. The molecular formula is C6H5N4O2+. The molecule has 0 radical (unpaired) electrons. The van der Waals surface area contributed by atoms with Crippen molar-refractivity contribution < 1.29 is 14.6 Å². The van der Waals surface area contributed by atoms with Gasteiger partial charge in [0.25, 0.3) is 24.1 Å². The minimum Gasteiger partial charge on any atom is -0.269 e. The Morgan fingerprint density at radius 1 is 1.50 bits per heavy atom. The van der Waals surface area contributed by atoms with Crippen LogP contribution < -0.4 is 4.99 Å². The summed E-state index contributed by atoms with van der Waals surface area (Å²) in [6.45, 7) is 0.364. The number of aliphatic imine (C=N–C) groups is 1. The Hall–Kier alpha value is -1.72. The van der Waals surface area contributed by atoms with E-state index in [0.717, 1.165) is 0 Å². The SMILES string of the molecule is O=C1C2[NH+]=CN=C2N2CN1C2=O. The summed E-state index contributed by atoms with van der Waals surface area (Å²) in [6, 6.07) is -0.677. The number of rotatable bonds is 0. The molecule has 3 amide bonds. The van der Waals surface area contributed by atoms with Crippen molar-refractivity contribution in [3.8, 4) is 0 Å². The lowest BCUT2D eigenvalue weighted by Gasteiger charge is -2.43. The lowest BCUT2D eigenvalue weighted by Crippen LogP contribution is -2.88. The van der Waals surface area contributed by atoms with Gasteiger partial charge in [-0.1, -0.05) is 0 Å². The first-order valence-electron chi connectivity index (χ1n) is 3.57. The van der Waals surface area contributed by atoms with E-state index in [1.165, 1.54) is 16.1 Å². The summed E-state index contributed by atoms with van der Waals surface area (Å²) in [4.78, 5) is 31.9. The van der Waals surface area contributed by atoms with Crippen LogP contribution >= 0.6 is 0 Å². The Morgan fingerprint density at radius 2 is 2.33 bits per heavy atom. The normalized spacial score (nSPS) is 30.3. The molecule has 2 bridgehead atoms. The zero-order valence-electron chi connectivity index (χ0n) is 6.02. The zero-order valence-corrected chi connectivity index (χ0v) is 6.02. The monoisotopic (exact) mass is 165 g/mol. The minimum atomic E-state index is -0.420. The molecular weight excluding hydrogens is 160 g/mol. The molecule has 6 heteroatoms. The number of nitrogens with zero attached hydrogens (tertiary/aromatic N) is 3. The number of imide groups is 1. The van der Waals surface area contributed by atoms with Crippen molar-refractivity contribution in [1.82, 2.24) is 9.80 Å². The van der Waals surface area contributed by atoms with Gasteiger partial charge >= 0.3 is 6.03 Å². The van der Waals surface area contributed by atoms with E-state index in [9.17, 15) is 9.59 Å². The maximum atomic E-state index is 11.4. The van der Waals surface area contributed by atoms with Crippen LogP contribution in [0.5, 0.6) is 0 Å². The smallest absolute Gasteiger partial charge is 0.269 e. The molecule has 0 aromatic rings. The molecule has 60 valence electrons. The first-order chi connectivity index (χ1) is 5.79. The van der Waals surface area contributed by atoms with Crippen LogP contribution in [0, 0.1) is 0 Å². The van der Waals surface area contributed by atoms with Gasteiger partial charge in [-0.3, -0.25) is 9.79 Å². The third-order valence-electron chi connectivity index (χ3n) is 2.23. The number of hydrogen-bond acceptors (Lipinski definition) is 3. The van der Waals surface area contributed by atoms with Crippen LogP contribution in [0.2, 0.25) is 0 Å². The Bertz CT molecular complexity index is 359. The summed E-state index contributed by atoms with van der Waals surface area (Å²) in [5.74, 6) is 0.336. The second kappa shape index (κ2) is 1.55. The average molecular weight is 165 g/mol. The van der Waals surface area contributed by atoms with E-state index < -0.39 is 6.04 Å². The molecule has 3 saturated heterocycles.